The highest BCUT2D eigenvalue weighted by molar-refractivity contribution is 5.94. The molecule has 0 saturated heterocycles. The van der Waals surface area contributed by atoms with Crippen LogP contribution in [0.15, 0.2) is 54.1 Å². The smallest absolute Gasteiger partial charge is 0.251 e. The van der Waals surface area contributed by atoms with Gasteiger partial charge in [0.1, 0.15) is 17.4 Å². The van der Waals surface area contributed by atoms with E-state index in [1.54, 1.807) is 31.5 Å². The Labute approximate surface area is 144 Å². The Hall–Kier alpha value is -2.76. The van der Waals surface area contributed by atoms with E-state index in [1.807, 2.05) is 0 Å². The van der Waals surface area contributed by atoms with Crippen LogP contribution < -0.4 is 5.32 Å². The Morgan fingerprint density at radius 3 is 2.72 bits per heavy atom. The van der Waals surface area contributed by atoms with Crippen molar-refractivity contribution >= 4 is 5.91 Å². The molecule has 4 nitrogen and oxygen atoms in total. The molecule has 0 saturated carbocycles. The van der Waals surface area contributed by atoms with Crippen molar-refractivity contribution in [2.45, 2.75) is 25.8 Å². The number of halogens is 2. The highest BCUT2D eigenvalue weighted by Gasteiger charge is 2.25. The molecule has 1 aliphatic rings. The van der Waals surface area contributed by atoms with Crippen LogP contribution in [0.1, 0.15) is 36.9 Å². The first-order valence-corrected chi connectivity index (χ1v) is 8.04. The molecular formula is C19H18F2N2O2. The zero-order valence-electron chi connectivity index (χ0n) is 13.8. The number of nitrogens with zero attached hydrogens (tertiary/aromatic N) is 1. The van der Waals surface area contributed by atoms with Crippen LogP contribution in [0, 0.1) is 11.6 Å². The number of carbonyl (C=O) groups is 1. The first kappa shape index (κ1) is 17.1. The predicted molar refractivity (Wildman–Crippen MR) is 88.5 cm³/mol. The minimum atomic E-state index is -0.826. The van der Waals surface area contributed by atoms with E-state index in [1.165, 1.54) is 0 Å². The van der Waals surface area contributed by atoms with Gasteiger partial charge in [0.2, 0.25) is 0 Å². The molecule has 0 fully saturated rings. The molecule has 1 aromatic heterocycles. The van der Waals surface area contributed by atoms with Gasteiger partial charge in [-0.2, -0.15) is 0 Å². The third kappa shape index (κ3) is 3.84. The Morgan fingerprint density at radius 2 is 2.00 bits per heavy atom. The summed E-state index contributed by atoms with van der Waals surface area (Å²) >= 11 is 0. The summed E-state index contributed by atoms with van der Waals surface area (Å²) in [5.74, 6) is -0.935. The fraction of sp³-hybridized carbons (Fsp3) is 0.263. The van der Waals surface area contributed by atoms with Gasteiger partial charge in [0.25, 0.3) is 5.91 Å². The topological polar surface area (TPSA) is 51.2 Å². The van der Waals surface area contributed by atoms with Gasteiger partial charge in [-0.15, -0.1) is 0 Å². The average Bonchev–Trinajstić information content (AvgIpc) is 2.63. The Morgan fingerprint density at radius 1 is 1.24 bits per heavy atom. The molecule has 6 heteroatoms. The summed E-state index contributed by atoms with van der Waals surface area (Å²) in [6.07, 6.45) is 4.42. The molecule has 1 aromatic carbocycles. The number of hydrogen-bond donors (Lipinski definition) is 1. The van der Waals surface area contributed by atoms with Crippen LogP contribution in [0.5, 0.6) is 0 Å². The molecule has 0 aliphatic carbocycles. The minimum absolute atomic E-state index is 0.0644. The number of ether oxygens (including phenoxy) is 1. The number of nitrogens with one attached hydrogen (secondary N) is 1. The first-order chi connectivity index (χ1) is 12.1. The summed E-state index contributed by atoms with van der Waals surface area (Å²) in [5, 5.41) is 2.81. The molecule has 0 radical (unpaired) electrons. The predicted octanol–water partition coefficient (Wildman–Crippen LogP) is 3.65. The molecule has 0 bridgehead atoms. The average molecular weight is 344 g/mol. The lowest BCUT2D eigenvalue weighted by atomic mass is 9.97. The maximum Gasteiger partial charge on any atom is 0.251 e. The lowest BCUT2D eigenvalue weighted by Crippen LogP contribution is -2.32. The monoisotopic (exact) mass is 344 g/mol. The van der Waals surface area contributed by atoms with Gasteiger partial charge in [0.15, 0.2) is 0 Å². The van der Waals surface area contributed by atoms with Gasteiger partial charge in [-0.05, 0) is 55.7 Å². The van der Waals surface area contributed by atoms with Crippen molar-refractivity contribution in [2.24, 2.45) is 0 Å². The van der Waals surface area contributed by atoms with Gasteiger partial charge in [-0.25, -0.2) is 8.78 Å². The number of hydrogen-bond acceptors (Lipinski definition) is 3. The summed E-state index contributed by atoms with van der Waals surface area (Å²) in [5.41, 5.74) is 1.21. The third-order valence-electron chi connectivity index (χ3n) is 4.17. The number of pyridine rings is 1. The zero-order valence-corrected chi connectivity index (χ0v) is 13.8. The molecule has 1 N–H and O–H groups in total. The molecular weight excluding hydrogens is 326 g/mol. The fourth-order valence-electron chi connectivity index (χ4n) is 2.86. The van der Waals surface area contributed by atoms with Gasteiger partial charge in [0.05, 0.1) is 18.2 Å². The van der Waals surface area contributed by atoms with Crippen LogP contribution in [0.2, 0.25) is 0 Å². The van der Waals surface area contributed by atoms with E-state index in [0.717, 1.165) is 24.6 Å². The quantitative estimate of drug-likeness (QED) is 0.921. The number of amides is 1. The fourth-order valence-corrected chi connectivity index (χ4v) is 2.86. The van der Waals surface area contributed by atoms with E-state index in [-0.39, 0.29) is 11.5 Å². The summed E-state index contributed by atoms with van der Waals surface area (Å²) in [4.78, 5) is 16.6. The van der Waals surface area contributed by atoms with E-state index in [0.29, 0.717) is 29.9 Å². The normalized spacial score (nSPS) is 15.5. The van der Waals surface area contributed by atoms with Crippen molar-refractivity contribution in [3.05, 3.63) is 76.8 Å². The van der Waals surface area contributed by atoms with Crippen LogP contribution in [-0.4, -0.2) is 17.5 Å². The van der Waals surface area contributed by atoms with E-state index >= 15 is 0 Å². The number of benzene rings is 1. The van der Waals surface area contributed by atoms with Gasteiger partial charge < -0.3 is 10.1 Å². The van der Waals surface area contributed by atoms with Crippen molar-refractivity contribution < 1.29 is 18.3 Å². The van der Waals surface area contributed by atoms with E-state index in [2.05, 4.69) is 10.3 Å². The summed E-state index contributed by atoms with van der Waals surface area (Å²) in [6.45, 7) is 2.31. The number of aromatic nitrogens is 1. The standard InChI is InChI=1S/C19H18F2N2O2/c1-12-15(3-2-10-25-12)19(24)23-18(13-6-8-22-9-7-13)16-11-14(20)4-5-17(16)21/h4-9,11,18H,2-3,10H2,1H3,(H,23,24). The zero-order chi connectivity index (χ0) is 17.8. The second-order valence-corrected chi connectivity index (χ2v) is 5.84. The molecule has 3 rings (SSSR count). The molecule has 1 aliphatic heterocycles. The maximum atomic E-state index is 14.3. The number of carbonyl (C=O) groups excluding carboxylic acids is 1. The van der Waals surface area contributed by atoms with E-state index in [9.17, 15) is 13.6 Å². The van der Waals surface area contributed by atoms with Crippen LogP contribution in [0.25, 0.3) is 0 Å². The highest BCUT2D eigenvalue weighted by Crippen LogP contribution is 2.27. The molecule has 25 heavy (non-hydrogen) atoms. The summed E-state index contributed by atoms with van der Waals surface area (Å²) < 4.78 is 33.4. The molecule has 130 valence electrons. The van der Waals surface area contributed by atoms with Gasteiger partial charge >= 0.3 is 0 Å². The largest absolute Gasteiger partial charge is 0.498 e. The molecule has 1 unspecified atom stereocenters. The van der Waals surface area contributed by atoms with Gasteiger partial charge in [0, 0.05) is 18.0 Å². The lowest BCUT2D eigenvalue weighted by molar-refractivity contribution is -0.118. The molecule has 1 atom stereocenters. The second-order valence-electron chi connectivity index (χ2n) is 5.84. The SMILES string of the molecule is CC1=C(C(=O)NC(c2ccncc2)c2cc(F)ccc2F)CCCO1. The van der Waals surface area contributed by atoms with E-state index < -0.39 is 17.7 Å². The van der Waals surface area contributed by atoms with Gasteiger partial charge in [-0.1, -0.05) is 0 Å². The maximum absolute atomic E-state index is 14.3. The van der Waals surface area contributed by atoms with Crippen LogP contribution >= 0.6 is 0 Å². The Kier molecular flexibility index (Phi) is 5.07. The van der Waals surface area contributed by atoms with Crippen molar-refractivity contribution in [3.8, 4) is 0 Å². The van der Waals surface area contributed by atoms with Crippen LogP contribution in [0.3, 0.4) is 0 Å². The lowest BCUT2D eigenvalue weighted by Gasteiger charge is -2.23. The first-order valence-electron chi connectivity index (χ1n) is 8.04. The molecule has 1 amide bonds. The molecule has 2 aromatic rings. The molecule has 0 spiro atoms. The van der Waals surface area contributed by atoms with E-state index in [4.69, 9.17) is 4.74 Å². The highest BCUT2D eigenvalue weighted by atomic mass is 19.1. The van der Waals surface area contributed by atoms with Crippen LogP contribution in [-0.2, 0) is 9.53 Å². The Bertz CT molecular complexity index is 806. The van der Waals surface area contributed by atoms with Crippen molar-refractivity contribution in [1.82, 2.24) is 10.3 Å². The summed E-state index contributed by atoms with van der Waals surface area (Å²) in [7, 11) is 0. The summed E-state index contributed by atoms with van der Waals surface area (Å²) in [6, 6.07) is 5.69. The van der Waals surface area contributed by atoms with Crippen molar-refractivity contribution in [1.29, 1.82) is 0 Å². The number of rotatable bonds is 4. The van der Waals surface area contributed by atoms with Crippen molar-refractivity contribution in [3.63, 3.8) is 0 Å². The van der Waals surface area contributed by atoms with Crippen LogP contribution in [0.4, 0.5) is 8.78 Å². The van der Waals surface area contributed by atoms with Gasteiger partial charge in [-0.3, -0.25) is 9.78 Å². The minimum Gasteiger partial charge on any atom is -0.498 e. The Balaban J connectivity index is 1.98. The second kappa shape index (κ2) is 7.42. The van der Waals surface area contributed by atoms with Crippen molar-refractivity contribution in [2.75, 3.05) is 6.61 Å². The number of allylic oxidation sites excluding steroid dienone is 1. The molecule has 2 heterocycles. The third-order valence-corrected chi connectivity index (χ3v) is 4.17.